The summed E-state index contributed by atoms with van der Waals surface area (Å²) in [6.07, 6.45) is -2.24. The van der Waals surface area contributed by atoms with E-state index in [1.54, 1.807) is 27.7 Å². The average Bonchev–Trinajstić information content (AvgIpc) is 3.26. The zero-order valence-corrected chi connectivity index (χ0v) is 41.8. The Hall–Kier alpha value is -2.93. The van der Waals surface area contributed by atoms with Gasteiger partial charge in [0.15, 0.2) is 12.6 Å². The van der Waals surface area contributed by atoms with Gasteiger partial charge in [0.2, 0.25) is 5.91 Å². The first-order chi connectivity index (χ1) is 31.0. The van der Waals surface area contributed by atoms with Crippen molar-refractivity contribution in [3.63, 3.8) is 0 Å². The van der Waals surface area contributed by atoms with Crippen LogP contribution in [-0.2, 0) is 47.5 Å². The third kappa shape index (κ3) is 12.4. The number of rotatable bonds is 9. The summed E-state index contributed by atoms with van der Waals surface area (Å²) in [4.78, 5) is 34.5. The standard InChI is InChI=1S/C51H80N2O13/c1-15-39-51(11,58)46-31(4)41(52-35(8)54)29(2)26-50(10,61-24-23-37(28-60-46)22-21-36-19-17-16-18-20-36)45(66-48-42(55)38(53(12)13)25-30(3)62-48)32(5)43(33(6)47(57)64-39)65-40-27-49(9,59-14)44(56)34(7)63-40/h16-23,29-34,38-40,42-46,48,55-56,58H,15,24-28H2,1-14H3/b22-21+,37-23-,52-41?/t29-,30-,31+,32-,33-,34+,38+,39-,40+,42-,43+,44+,45-,46-,48+,49-,50+,51-/m1/s1. The lowest BCUT2D eigenvalue weighted by Crippen LogP contribution is -2.62. The van der Waals surface area contributed by atoms with Gasteiger partial charge >= 0.3 is 5.97 Å². The van der Waals surface area contributed by atoms with E-state index in [4.69, 9.17) is 37.9 Å². The summed E-state index contributed by atoms with van der Waals surface area (Å²) in [5.74, 6) is -3.97. The quantitative estimate of drug-likeness (QED) is 0.249. The highest BCUT2D eigenvalue weighted by Crippen LogP contribution is 2.43. The van der Waals surface area contributed by atoms with E-state index in [2.05, 4.69) is 4.99 Å². The summed E-state index contributed by atoms with van der Waals surface area (Å²) in [5, 5.41) is 36.0. The maximum absolute atomic E-state index is 14.8. The van der Waals surface area contributed by atoms with Crippen molar-refractivity contribution in [1.29, 1.82) is 0 Å². The number of esters is 1. The van der Waals surface area contributed by atoms with Crippen LogP contribution in [0.1, 0.15) is 107 Å². The van der Waals surface area contributed by atoms with E-state index in [0.717, 1.165) is 11.1 Å². The number of amides is 1. The van der Waals surface area contributed by atoms with Gasteiger partial charge in [0, 0.05) is 44.0 Å². The summed E-state index contributed by atoms with van der Waals surface area (Å²) in [6.45, 7) is 19.8. The largest absolute Gasteiger partial charge is 0.459 e. The Balaban J connectivity index is 1.78. The smallest absolute Gasteiger partial charge is 0.311 e. The molecule has 4 aliphatic heterocycles. The Labute approximate surface area is 393 Å². The van der Waals surface area contributed by atoms with Gasteiger partial charge in [-0.1, -0.05) is 76.3 Å². The molecule has 3 saturated heterocycles. The number of aliphatic hydroxyl groups excluding tert-OH is 2. The predicted molar refractivity (Wildman–Crippen MR) is 250 cm³/mol. The monoisotopic (exact) mass is 929 g/mol. The number of likely N-dealkylation sites (N-methyl/N-ethyl adjacent to an activating group) is 1. The minimum atomic E-state index is -1.80. The molecule has 0 radical (unpaired) electrons. The average molecular weight is 929 g/mol. The summed E-state index contributed by atoms with van der Waals surface area (Å²) in [7, 11) is 5.34. The SMILES string of the molecule is CC[C@H]1OC(=O)[C@H](C)[C@@H](O[C@H]2C[C@@](C)(OC)[C@@H](O)[C@H](C)O2)[C@@H](C)[C@@H](O[C@@H]2O[C@H](C)C[C@H](N(C)C)[C@H]2O)[C@]2(C)C[C@@H](C)C(=NC(C)=O)[C@H](C)[C@@H](OCC(/C=C/c3ccccc3)=C\CO2)[C@]1(C)O. The topological polar surface area (TPSA) is 184 Å². The van der Waals surface area contributed by atoms with Crippen molar-refractivity contribution in [3.05, 3.63) is 53.6 Å². The van der Waals surface area contributed by atoms with Crippen molar-refractivity contribution >= 4 is 23.7 Å². The van der Waals surface area contributed by atoms with Crippen LogP contribution >= 0.6 is 0 Å². The van der Waals surface area contributed by atoms with Gasteiger partial charge in [0.1, 0.15) is 23.9 Å². The lowest BCUT2D eigenvalue weighted by Gasteiger charge is -2.50. The fourth-order valence-corrected chi connectivity index (χ4v) is 10.7. The molecule has 15 heteroatoms. The lowest BCUT2D eigenvalue weighted by molar-refractivity contribution is -0.320. The van der Waals surface area contributed by atoms with Crippen LogP contribution in [0.3, 0.4) is 0 Å². The zero-order chi connectivity index (χ0) is 48.9. The second kappa shape index (κ2) is 22.7. The van der Waals surface area contributed by atoms with Gasteiger partial charge in [-0.15, -0.1) is 0 Å². The minimum Gasteiger partial charge on any atom is -0.459 e. The molecule has 18 atom stereocenters. The van der Waals surface area contributed by atoms with E-state index in [1.165, 1.54) is 14.0 Å². The highest BCUT2D eigenvalue weighted by molar-refractivity contribution is 5.97. The van der Waals surface area contributed by atoms with E-state index < -0.39 is 108 Å². The van der Waals surface area contributed by atoms with Crippen molar-refractivity contribution in [2.24, 2.45) is 28.7 Å². The van der Waals surface area contributed by atoms with Crippen LogP contribution in [0.4, 0.5) is 0 Å². The third-order valence-corrected chi connectivity index (χ3v) is 14.6. The van der Waals surface area contributed by atoms with Gasteiger partial charge in [0.05, 0.1) is 60.9 Å². The molecule has 0 unspecified atom stereocenters. The predicted octanol–water partition coefficient (Wildman–Crippen LogP) is 5.91. The van der Waals surface area contributed by atoms with Crippen molar-refractivity contribution < 1.29 is 62.8 Å². The number of aliphatic imine (C=N–C) groups is 1. The molecule has 0 aromatic heterocycles. The van der Waals surface area contributed by atoms with E-state index in [1.807, 2.05) is 109 Å². The molecule has 66 heavy (non-hydrogen) atoms. The lowest BCUT2D eigenvalue weighted by atomic mass is 9.73. The Bertz CT molecular complexity index is 1860. The fourth-order valence-electron chi connectivity index (χ4n) is 10.7. The number of carbonyl (C=O) groups is 2. The minimum absolute atomic E-state index is 0.0319. The van der Waals surface area contributed by atoms with E-state index in [9.17, 15) is 24.9 Å². The van der Waals surface area contributed by atoms with Gasteiger partial charge in [0.25, 0.3) is 0 Å². The van der Waals surface area contributed by atoms with Crippen molar-refractivity contribution in [2.45, 2.75) is 186 Å². The van der Waals surface area contributed by atoms with Gasteiger partial charge in [-0.3, -0.25) is 9.59 Å². The summed E-state index contributed by atoms with van der Waals surface area (Å²) < 4.78 is 53.1. The third-order valence-electron chi connectivity index (χ3n) is 14.6. The second-order valence-electron chi connectivity index (χ2n) is 20.2. The molecule has 3 fully saturated rings. The molecular weight excluding hydrogens is 849 g/mol. The second-order valence-corrected chi connectivity index (χ2v) is 20.2. The van der Waals surface area contributed by atoms with Crippen molar-refractivity contribution in [1.82, 2.24) is 4.90 Å². The normalized spacial score (nSPS) is 43.8. The van der Waals surface area contributed by atoms with E-state index >= 15 is 0 Å². The van der Waals surface area contributed by atoms with Gasteiger partial charge in [-0.2, -0.15) is 0 Å². The highest BCUT2D eigenvalue weighted by atomic mass is 16.7. The number of hydrogen-bond donors (Lipinski definition) is 3. The molecule has 5 rings (SSSR count). The molecule has 372 valence electrons. The van der Waals surface area contributed by atoms with Gasteiger partial charge in [-0.05, 0) is 92.0 Å². The van der Waals surface area contributed by atoms with Gasteiger partial charge in [-0.25, -0.2) is 4.99 Å². The molecule has 0 saturated carbocycles. The number of methoxy groups -OCH3 is 1. The molecule has 1 aromatic carbocycles. The van der Waals surface area contributed by atoms with E-state index in [0.29, 0.717) is 12.1 Å². The number of carbonyl (C=O) groups excluding carboxylic acids is 2. The van der Waals surface area contributed by atoms with Crippen molar-refractivity contribution in [2.75, 3.05) is 34.4 Å². The van der Waals surface area contributed by atoms with Crippen LogP contribution in [0.15, 0.2) is 53.0 Å². The Morgan fingerprint density at radius 3 is 2.27 bits per heavy atom. The molecule has 2 bridgehead atoms. The van der Waals surface area contributed by atoms with Crippen molar-refractivity contribution in [3.8, 4) is 0 Å². The molecule has 15 nitrogen and oxygen atoms in total. The number of ether oxygens (including phenoxy) is 8. The molecule has 1 aromatic rings. The number of cyclic esters (lactones) is 1. The van der Waals surface area contributed by atoms with Crippen LogP contribution in [0.5, 0.6) is 0 Å². The number of nitrogens with zero attached hydrogens (tertiary/aromatic N) is 2. The molecule has 3 N–H and O–H groups in total. The number of aliphatic hydroxyl groups is 3. The van der Waals surface area contributed by atoms with Crippen LogP contribution in [0, 0.1) is 23.7 Å². The first kappa shape index (κ1) is 54.0. The molecule has 1 amide bonds. The maximum Gasteiger partial charge on any atom is 0.311 e. The van der Waals surface area contributed by atoms with Crippen LogP contribution in [0.2, 0.25) is 0 Å². The molecular formula is C51H80N2O13. The summed E-state index contributed by atoms with van der Waals surface area (Å²) in [5.41, 5.74) is -1.96. The van der Waals surface area contributed by atoms with Crippen LogP contribution in [0.25, 0.3) is 6.08 Å². The molecule has 0 spiro atoms. The first-order valence-electron chi connectivity index (χ1n) is 23.8. The Morgan fingerprint density at radius 2 is 1.65 bits per heavy atom. The van der Waals surface area contributed by atoms with Crippen LogP contribution in [-0.4, -0.2) is 156 Å². The molecule has 0 aliphatic carbocycles. The molecule has 4 aliphatic rings. The van der Waals surface area contributed by atoms with Gasteiger partial charge < -0.3 is 58.1 Å². The Morgan fingerprint density at radius 1 is 0.970 bits per heavy atom. The van der Waals surface area contributed by atoms with Crippen LogP contribution < -0.4 is 0 Å². The highest BCUT2D eigenvalue weighted by Gasteiger charge is 2.54. The number of fused-ring (bicyclic) bond motifs is 5. The number of hydrogen-bond acceptors (Lipinski definition) is 14. The first-order valence-corrected chi connectivity index (χ1v) is 23.8. The fraction of sp³-hybridized carbons (Fsp3) is 0.745. The zero-order valence-electron chi connectivity index (χ0n) is 41.8. The molecule has 4 heterocycles. The van der Waals surface area contributed by atoms with E-state index in [-0.39, 0.29) is 44.6 Å². The summed E-state index contributed by atoms with van der Waals surface area (Å²) >= 11 is 0. The summed E-state index contributed by atoms with van der Waals surface area (Å²) in [6, 6.07) is 9.53. The maximum atomic E-state index is 14.8. The Kier molecular flexibility index (Phi) is 18.5. The number of benzene rings is 1.